The molecule has 0 aromatic heterocycles. The van der Waals surface area contributed by atoms with Gasteiger partial charge in [0.05, 0.1) is 0 Å². The van der Waals surface area contributed by atoms with Crippen molar-refractivity contribution in [1.82, 2.24) is 5.32 Å². The smallest absolute Gasteiger partial charge is 0.326 e. The van der Waals surface area contributed by atoms with Crippen molar-refractivity contribution < 1.29 is 24.2 Å². The van der Waals surface area contributed by atoms with Gasteiger partial charge in [0, 0.05) is 12.8 Å². The van der Waals surface area contributed by atoms with Gasteiger partial charge in [-0.25, -0.2) is 4.79 Å². The summed E-state index contributed by atoms with van der Waals surface area (Å²) in [5.74, 6) is -1.33. The van der Waals surface area contributed by atoms with Crippen molar-refractivity contribution in [3.63, 3.8) is 0 Å². The predicted octanol–water partition coefficient (Wildman–Crippen LogP) is 11.1. The Bertz CT molecular complexity index is 772. The molecule has 2 atom stereocenters. The Hall–Kier alpha value is -1.89. The number of unbranched alkanes of at least 4 members (excludes halogenated alkanes) is 23. The molecule has 2 unspecified atom stereocenters. The second-order valence-corrected chi connectivity index (χ2v) is 14.1. The van der Waals surface area contributed by atoms with E-state index in [1.165, 1.54) is 109 Å². The number of carbonyl (C=O) groups excluding carboxylic acids is 2. The van der Waals surface area contributed by atoms with E-state index in [0.717, 1.165) is 57.8 Å². The number of hydrogen-bond donors (Lipinski definition) is 3. The third-order valence-corrected chi connectivity index (χ3v) is 9.32. The normalized spacial score (nSPS) is 12.7. The molecule has 0 fully saturated rings. The summed E-state index contributed by atoms with van der Waals surface area (Å²) in [5.41, 5.74) is 5.46. The highest BCUT2D eigenvalue weighted by atomic mass is 16.5. The summed E-state index contributed by atoms with van der Waals surface area (Å²) in [6.07, 6.45) is 38.8. The Morgan fingerprint density at radius 3 is 1.54 bits per heavy atom. The number of ether oxygens (including phenoxy) is 1. The molecule has 48 heavy (non-hydrogen) atoms. The van der Waals surface area contributed by atoms with Gasteiger partial charge in [-0.1, -0.05) is 161 Å². The minimum atomic E-state index is -1.01. The molecule has 0 heterocycles. The van der Waals surface area contributed by atoms with Crippen molar-refractivity contribution in [2.75, 3.05) is 6.54 Å². The van der Waals surface area contributed by atoms with Gasteiger partial charge in [0.1, 0.15) is 12.1 Å². The van der Waals surface area contributed by atoms with E-state index in [1.807, 2.05) is 0 Å². The second-order valence-electron chi connectivity index (χ2n) is 14.1. The van der Waals surface area contributed by atoms with E-state index < -0.39 is 12.0 Å². The Morgan fingerprint density at radius 1 is 0.604 bits per heavy atom. The highest BCUT2D eigenvalue weighted by Gasteiger charge is 2.19. The first kappa shape index (κ1) is 46.1. The third-order valence-electron chi connectivity index (χ3n) is 9.32. The van der Waals surface area contributed by atoms with Crippen LogP contribution in [0.4, 0.5) is 0 Å². The van der Waals surface area contributed by atoms with Crippen LogP contribution in [0.15, 0.2) is 12.2 Å². The number of carboxylic acid groups (broad SMARTS) is 1. The van der Waals surface area contributed by atoms with Gasteiger partial charge in [-0.3, -0.25) is 9.59 Å². The summed E-state index contributed by atoms with van der Waals surface area (Å²) >= 11 is 0. The van der Waals surface area contributed by atoms with Gasteiger partial charge >= 0.3 is 11.9 Å². The van der Waals surface area contributed by atoms with E-state index in [1.54, 1.807) is 0 Å². The fourth-order valence-corrected chi connectivity index (χ4v) is 6.17. The lowest BCUT2D eigenvalue weighted by Crippen LogP contribution is -2.40. The number of carboxylic acids is 1. The van der Waals surface area contributed by atoms with Crippen LogP contribution in [-0.2, 0) is 19.1 Å². The zero-order chi connectivity index (χ0) is 35.3. The highest BCUT2D eigenvalue weighted by Crippen LogP contribution is 2.16. The van der Waals surface area contributed by atoms with Crippen molar-refractivity contribution in [3.05, 3.63) is 12.2 Å². The molecule has 0 aliphatic carbocycles. The number of allylic oxidation sites excluding steroid dienone is 1. The van der Waals surface area contributed by atoms with E-state index in [4.69, 9.17) is 10.5 Å². The number of carbonyl (C=O) groups is 3. The van der Waals surface area contributed by atoms with Crippen molar-refractivity contribution in [2.24, 2.45) is 5.73 Å². The Morgan fingerprint density at radius 2 is 1.06 bits per heavy atom. The van der Waals surface area contributed by atoms with Crippen LogP contribution in [0.2, 0.25) is 0 Å². The summed E-state index contributed by atoms with van der Waals surface area (Å²) < 4.78 is 5.86. The molecular weight excluding hydrogens is 600 g/mol. The average Bonchev–Trinajstić information content (AvgIpc) is 3.07. The molecule has 1 amide bonds. The molecule has 0 aromatic rings. The molecule has 0 spiro atoms. The molecule has 0 radical (unpaired) electrons. The van der Waals surface area contributed by atoms with Crippen molar-refractivity contribution in [2.45, 2.75) is 225 Å². The van der Waals surface area contributed by atoms with E-state index in [2.05, 4.69) is 31.3 Å². The molecule has 0 aliphatic heterocycles. The molecule has 0 saturated carbocycles. The summed E-state index contributed by atoms with van der Waals surface area (Å²) in [7, 11) is 0. The van der Waals surface area contributed by atoms with Crippen molar-refractivity contribution in [3.8, 4) is 0 Å². The van der Waals surface area contributed by atoms with Gasteiger partial charge in [-0.15, -0.1) is 0 Å². The monoisotopic (exact) mass is 679 g/mol. The first-order valence-electron chi connectivity index (χ1n) is 20.5. The second kappa shape index (κ2) is 36.4. The summed E-state index contributed by atoms with van der Waals surface area (Å²) in [5, 5.41) is 11.9. The third kappa shape index (κ3) is 32.6. The standard InChI is InChI=1S/C41H78N2O5/c1-3-5-7-9-10-11-12-13-14-15-16-17-18-19-20-21-22-23-29-35-40(45)48-37(31-26-8-6-4-2)32-27-24-25-28-34-39(44)43-38(41(46)47)33-30-36-42/h26,31,37-38H,3-25,27-30,32-36,42H2,1-2H3,(H,43,44)(H,46,47)/b31-26-. The summed E-state index contributed by atoms with van der Waals surface area (Å²) in [4.78, 5) is 36.1. The largest absolute Gasteiger partial charge is 0.480 e. The lowest BCUT2D eigenvalue weighted by Gasteiger charge is -2.15. The van der Waals surface area contributed by atoms with E-state index in [-0.39, 0.29) is 18.0 Å². The number of nitrogens with two attached hydrogens (primary N) is 1. The average molecular weight is 679 g/mol. The molecule has 0 aliphatic rings. The van der Waals surface area contributed by atoms with Crippen LogP contribution in [0.1, 0.15) is 213 Å². The van der Waals surface area contributed by atoms with Gasteiger partial charge in [0.15, 0.2) is 0 Å². The number of amides is 1. The zero-order valence-corrected chi connectivity index (χ0v) is 31.6. The summed E-state index contributed by atoms with van der Waals surface area (Å²) in [6, 6.07) is -0.866. The lowest BCUT2D eigenvalue weighted by atomic mass is 10.0. The van der Waals surface area contributed by atoms with E-state index in [0.29, 0.717) is 38.6 Å². The maximum atomic E-state index is 12.6. The van der Waals surface area contributed by atoms with Crippen molar-refractivity contribution >= 4 is 17.8 Å². The molecule has 7 nitrogen and oxygen atoms in total. The van der Waals surface area contributed by atoms with Crippen LogP contribution < -0.4 is 11.1 Å². The van der Waals surface area contributed by atoms with Crippen LogP contribution >= 0.6 is 0 Å². The van der Waals surface area contributed by atoms with Gasteiger partial charge in [-0.05, 0) is 57.6 Å². The number of esters is 1. The van der Waals surface area contributed by atoms with Gasteiger partial charge < -0.3 is 20.9 Å². The van der Waals surface area contributed by atoms with Crippen LogP contribution in [0, 0.1) is 0 Å². The lowest BCUT2D eigenvalue weighted by molar-refractivity contribution is -0.147. The van der Waals surface area contributed by atoms with Crippen molar-refractivity contribution in [1.29, 1.82) is 0 Å². The molecule has 0 saturated heterocycles. The van der Waals surface area contributed by atoms with Gasteiger partial charge in [0.25, 0.3) is 0 Å². The predicted molar refractivity (Wildman–Crippen MR) is 202 cm³/mol. The number of rotatable bonds is 37. The van der Waals surface area contributed by atoms with Crippen LogP contribution in [0.3, 0.4) is 0 Å². The maximum Gasteiger partial charge on any atom is 0.326 e. The molecule has 0 rings (SSSR count). The van der Waals surface area contributed by atoms with Crippen LogP contribution in [0.5, 0.6) is 0 Å². The molecule has 7 heteroatoms. The Balaban J connectivity index is 3.93. The van der Waals surface area contributed by atoms with E-state index in [9.17, 15) is 19.5 Å². The van der Waals surface area contributed by atoms with Crippen LogP contribution in [0.25, 0.3) is 0 Å². The number of hydrogen-bond acceptors (Lipinski definition) is 5. The number of nitrogens with one attached hydrogen (secondary N) is 1. The molecular formula is C41H78N2O5. The fourth-order valence-electron chi connectivity index (χ4n) is 6.17. The van der Waals surface area contributed by atoms with E-state index >= 15 is 0 Å². The fraction of sp³-hybridized carbons (Fsp3) is 0.878. The first-order valence-corrected chi connectivity index (χ1v) is 20.5. The molecule has 282 valence electrons. The first-order chi connectivity index (χ1) is 23.4. The molecule has 4 N–H and O–H groups in total. The zero-order valence-electron chi connectivity index (χ0n) is 31.6. The van der Waals surface area contributed by atoms with Gasteiger partial charge in [-0.2, -0.15) is 0 Å². The van der Waals surface area contributed by atoms with Gasteiger partial charge in [0.2, 0.25) is 5.91 Å². The Kier molecular flexibility index (Phi) is 35.0. The molecule has 0 bridgehead atoms. The van der Waals surface area contributed by atoms with Crippen LogP contribution in [-0.4, -0.2) is 41.6 Å². The molecule has 0 aromatic carbocycles. The Labute approximate surface area is 296 Å². The number of aliphatic carboxylic acids is 1. The minimum Gasteiger partial charge on any atom is -0.480 e. The quantitative estimate of drug-likeness (QED) is 0.0342. The minimum absolute atomic E-state index is 0.0913. The topological polar surface area (TPSA) is 119 Å². The SMILES string of the molecule is CCCC/C=C\C(CCCCCCC(=O)NC(CCCN)C(=O)O)OC(=O)CCCCCCCCCCCCCCCCCCCCC. The summed E-state index contributed by atoms with van der Waals surface area (Å²) in [6.45, 7) is 4.86. The maximum absolute atomic E-state index is 12.6. The highest BCUT2D eigenvalue weighted by molar-refractivity contribution is 5.83.